The van der Waals surface area contributed by atoms with Crippen molar-refractivity contribution in [3.05, 3.63) is 66.2 Å². The number of nitriles is 1. The lowest BCUT2D eigenvalue weighted by Gasteiger charge is -2.31. The Labute approximate surface area is 191 Å². The van der Waals surface area contributed by atoms with E-state index in [4.69, 9.17) is 0 Å². The lowest BCUT2D eigenvalue weighted by atomic mass is 9.87. The molecule has 2 heterocycles. The minimum absolute atomic E-state index is 0.0327. The molecule has 1 aromatic heterocycles. The molecule has 0 amide bonds. The Hall–Kier alpha value is -3.42. The summed E-state index contributed by atoms with van der Waals surface area (Å²) < 4.78 is 42.1. The smallest absolute Gasteiger partial charge is 0.243 e. The number of ketones is 1. The standard InChI is InChI=1S/C23H22FN5O3S/c1-28-22(16-6-3-2-4-7-16)26-27-23(28)20(14-25)21(30)17-8-5-13-29(15-17)33(31,32)19-11-9-18(24)10-12-19/h2-4,6-7,9-12,17,20H,5,8,13,15H2,1H3. The average Bonchev–Trinajstić information content (AvgIpc) is 3.21. The predicted molar refractivity (Wildman–Crippen MR) is 118 cm³/mol. The molecule has 0 aliphatic carbocycles. The second-order valence-electron chi connectivity index (χ2n) is 7.93. The van der Waals surface area contributed by atoms with Crippen molar-refractivity contribution in [3.8, 4) is 17.5 Å². The van der Waals surface area contributed by atoms with Gasteiger partial charge in [-0.15, -0.1) is 10.2 Å². The first-order valence-corrected chi connectivity index (χ1v) is 11.9. The van der Waals surface area contributed by atoms with Crippen LogP contribution in [-0.2, 0) is 21.9 Å². The molecule has 33 heavy (non-hydrogen) atoms. The maximum atomic E-state index is 13.3. The Morgan fingerprint density at radius 3 is 2.52 bits per heavy atom. The third kappa shape index (κ3) is 4.42. The summed E-state index contributed by atoms with van der Waals surface area (Å²) in [6.07, 6.45) is 0.943. The lowest BCUT2D eigenvalue weighted by Crippen LogP contribution is -2.43. The quantitative estimate of drug-likeness (QED) is 0.551. The van der Waals surface area contributed by atoms with Crippen molar-refractivity contribution in [1.82, 2.24) is 19.1 Å². The van der Waals surface area contributed by atoms with Crippen LogP contribution in [0.3, 0.4) is 0 Å². The van der Waals surface area contributed by atoms with E-state index < -0.39 is 27.7 Å². The van der Waals surface area contributed by atoms with Crippen LogP contribution in [0.4, 0.5) is 4.39 Å². The fourth-order valence-electron chi connectivity index (χ4n) is 4.06. The number of nitrogens with zero attached hydrogens (tertiary/aromatic N) is 5. The zero-order valence-electron chi connectivity index (χ0n) is 17.9. The number of halogens is 1. The zero-order chi connectivity index (χ0) is 23.6. The molecule has 170 valence electrons. The molecule has 0 N–H and O–H groups in total. The van der Waals surface area contributed by atoms with Crippen molar-refractivity contribution in [1.29, 1.82) is 5.26 Å². The van der Waals surface area contributed by atoms with Crippen LogP contribution in [0, 0.1) is 23.1 Å². The Kier molecular flexibility index (Phi) is 6.35. The van der Waals surface area contributed by atoms with E-state index in [1.165, 1.54) is 16.4 Å². The Morgan fingerprint density at radius 1 is 1.15 bits per heavy atom. The average molecular weight is 468 g/mol. The first kappa shape index (κ1) is 22.8. The fraction of sp³-hybridized carbons (Fsp3) is 0.304. The number of piperidine rings is 1. The number of carbonyl (C=O) groups excluding carboxylic acids is 1. The first-order chi connectivity index (χ1) is 15.8. The zero-order valence-corrected chi connectivity index (χ0v) is 18.7. The van der Waals surface area contributed by atoms with E-state index in [9.17, 15) is 22.9 Å². The topological polar surface area (TPSA) is 109 Å². The van der Waals surface area contributed by atoms with Crippen LogP contribution in [0.15, 0.2) is 59.5 Å². The number of hydrogen-bond donors (Lipinski definition) is 0. The molecule has 0 bridgehead atoms. The van der Waals surface area contributed by atoms with Gasteiger partial charge in [0.1, 0.15) is 5.82 Å². The monoisotopic (exact) mass is 467 g/mol. The summed E-state index contributed by atoms with van der Waals surface area (Å²) in [6.45, 7) is 0.211. The maximum Gasteiger partial charge on any atom is 0.243 e. The summed E-state index contributed by atoms with van der Waals surface area (Å²) in [4.78, 5) is 13.3. The van der Waals surface area contributed by atoms with Crippen LogP contribution in [-0.4, -0.2) is 46.4 Å². The molecule has 1 aliphatic heterocycles. The molecule has 2 unspecified atom stereocenters. The molecular weight excluding hydrogens is 445 g/mol. The molecule has 8 nitrogen and oxygen atoms in total. The number of sulfonamides is 1. The highest BCUT2D eigenvalue weighted by atomic mass is 32.2. The summed E-state index contributed by atoms with van der Waals surface area (Å²) in [6, 6.07) is 15.9. The van der Waals surface area contributed by atoms with Gasteiger partial charge in [-0.3, -0.25) is 4.79 Å². The Balaban J connectivity index is 1.56. The summed E-state index contributed by atoms with van der Waals surface area (Å²) in [5.74, 6) is -1.99. The number of aromatic nitrogens is 3. The van der Waals surface area contributed by atoms with Gasteiger partial charge in [-0.1, -0.05) is 30.3 Å². The Bertz CT molecular complexity index is 1300. The van der Waals surface area contributed by atoms with Gasteiger partial charge < -0.3 is 4.57 Å². The van der Waals surface area contributed by atoms with Crippen molar-refractivity contribution in [2.24, 2.45) is 13.0 Å². The SMILES string of the molecule is Cn1c(-c2ccccc2)nnc1C(C#N)C(=O)C1CCCN(S(=O)(=O)c2ccc(F)cc2)C1. The van der Waals surface area contributed by atoms with Crippen LogP contribution in [0.2, 0.25) is 0 Å². The number of hydrogen-bond acceptors (Lipinski definition) is 6. The summed E-state index contributed by atoms with van der Waals surface area (Å²) in [5, 5.41) is 18.1. The van der Waals surface area contributed by atoms with E-state index in [1.54, 1.807) is 11.6 Å². The normalized spacial score (nSPS) is 17.9. The molecule has 2 aromatic carbocycles. The molecule has 1 aliphatic rings. The molecule has 4 rings (SSSR count). The number of Topliss-reactive ketones (excluding diaryl/α,β-unsaturated/α-hetero) is 1. The molecule has 0 radical (unpaired) electrons. The largest absolute Gasteiger partial charge is 0.313 e. The summed E-state index contributed by atoms with van der Waals surface area (Å²) in [7, 11) is -2.19. The second kappa shape index (κ2) is 9.21. The van der Waals surface area contributed by atoms with Gasteiger partial charge in [0.05, 0.1) is 11.0 Å². The van der Waals surface area contributed by atoms with Crippen molar-refractivity contribution >= 4 is 15.8 Å². The predicted octanol–water partition coefficient (Wildman–Crippen LogP) is 2.90. The van der Waals surface area contributed by atoms with Gasteiger partial charge in [0.2, 0.25) is 10.0 Å². The molecule has 2 atom stereocenters. The minimum Gasteiger partial charge on any atom is -0.313 e. The molecule has 0 spiro atoms. The highest BCUT2D eigenvalue weighted by molar-refractivity contribution is 7.89. The Morgan fingerprint density at radius 2 is 1.85 bits per heavy atom. The number of benzene rings is 2. The van der Waals surface area contributed by atoms with Crippen LogP contribution in [0.1, 0.15) is 24.6 Å². The lowest BCUT2D eigenvalue weighted by molar-refractivity contribution is -0.124. The van der Waals surface area contributed by atoms with Gasteiger partial charge in [-0.2, -0.15) is 9.57 Å². The minimum atomic E-state index is -3.88. The molecule has 3 aromatic rings. The van der Waals surface area contributed by atoms with Crippen molar-refractivity contribution in [3.63, 3.8) is 0 Å². The third-order valence-electron chi connectivity index (χ3n) is 5.85. The number of carbonyl (C=O) groups is 1. The van der Waals surface area contributed by atoms with E-state index in [0.717, 1.165) is 17.7 Å². The highest BCUT2D eigenvalue weighted by Crippen LogP contribution is 2.29. The fourth-order valence-corrected chi connectivity index (χ4v) is 5.59. The molecule has 1 fully saturated rings. The molecule has 0 saturated carbocycles. The van der Waals surface area contributed by atoms with Gasteiger partial charge in [0.15, 0.2) is 23.3 Å². The van der Waals surface area contributed by atoms with E-state index in [-0.39, 0.29) is 29.6 Å². The van der Waals surface area contributed by atoms with Gasteiger partial charge in [0, 0.05) is 31.6 Å². The van der Waals surface area contributed by atoms with Gasteiger partial charge in [0.25, 0.3) is 0 Å². The second-order valence-corrected chi connectivity index (χ2v) is 9.87. The van der Waals surface area contributed by atoms with Crippen molar-refractivity contribution in [2.45, 2.75) is 23.7 Å². The van der Waals surface area contributed by atoms with E-state index in [2.05, 4.69) is 10.2 Å². The van der Waals surface area contributed by atoms with Gasteiger partial charge >= 0.3 is 0 Å². The van der Waals surface area contributed by atoms with E-state index in [1.807, 2.05) is 36.4 Å². The molecular formula is C23H22FN5O3S. The van der Waals surface area contributed by atoms with Crippen LogP contribution >= 0.6 is 0 Å². The molecule has 1 saturated heterocycles. The van der Waals surface area contributed by atoms with Crippen LogP contribution in [0.5, 0.6) is 0 Å². The number of rotatable bonds is 6. The van der Waals surface area contributed by atoms with E-state index >= 15 is 0 Å². The van der Waals surface area contributed by atoms with Crippen LogP contribution in [0.25, 0.3) is 11.4 Å². The highest BCUT2D eigenvalue weighted by Gasteiger charge is 2.38. The van der Waals surface area contributed by atoms with Crippen LogP contribution < -0.4 is 0 Å². The molecule has 10 heteroatoms. The van der Waals surface area contributed by atoms with Crippen molar-refractivity contribution < 1.29 is 17.6 Å². The summed E-state index contributed by atoms with van der Waals surface area (Å²) in [5.41, 5.74) is 0.803. The van der Waals surface area contributed by atoms with Crippen molar-refractivity contribution in [2.75, 3.05) is 13.1 Å². The first-order valence-electron chi connectivity index (χ1n) is 10.5. The van der Waals surface area contributed by atoms with E-state index in [0.29, 0.717) is 18.7 Å². The van der Waals surface area contributed by atoms with Gasteiger partial charge in [-0.25, -0.2) is 12.8 Å². The maximum absolute atomic E-state index is 13.3. The third-order valence-corrected chi connectivity index (χ3v) is 7.73. The summed E-state index contributed by atoms with van der Waals surface area (Å²) >= 11 is 0. The van der Waals surface area contributed by atoms with Gasteiger partial charge in [-0.05, 0) is 37.1 Å².